The molecule has 0 radical (unpaired) electrons. The lowest BCUT2D eigenvalue weighted by molar-refractivity contribution is -0.122. The number of hydrogen-bond acceptors (Lipinski definition) is 4. The Balaban J connectivity index is 1.48. The number of benzene rings is 4. The van der Waals surface area contributed by atoms with E-state index in [2.05, 4.69) is 10.6 Å². The second kappa shape index (κ2) is 9.42. The fraction of sp³-hybridized carbons (Fsp3) is 0.121. The molecule has 1 spiro atoms. The summed E-state index contributed by atoms with van der Waals surface area (Å²) in [5.74, 6) is -2.87. The number of rotatable bonds is 4. The molecule has 7 rings (SSSR count). The molecule has 1 fully saturated rings. The number of Topliss-reactive ketones (excluding diaryl/α,β-unsaturated/α-hetero) is 1. The van der Waals surface area contributed by atoms with Crippen LogP contribution in [0, 0.1) is 11.7 Å². The molecule has 202 valence electrons. The van der Waals surface area contributed by atoms with Crippen LogP contribution in [-0.4, -0.2) is 29.7 Å². The Bertz CT molecular complexity index is 1750. The van der Waals surface area contributed by atoms with E-state index >= 15 is 0 Å². The molecule has 4 aromatic rings. The van der Waals surface area contributed by atoms with Gasteiger partial charge in [0, 0.05) is 27.6 Å². The number of hydrogen-bond donors (Lipinski definition) is 2. The van der Waals surface area contributed by atoms with Crippen molar-refractivity contribution in [2.75, 3.05) is 15.5 Å². The van der Waals surface area contributed by atoms with Crippen LogP contribution in [0.15, 0.2) is 103 Å². The molecule has 3 heterocycles. The number of nitrogens with one attached hydrogen (secondary N) is 2. The van der Waals surface area contributed by atoms with E-state index in [0.29, 0.717) is 22.0 Å². The predicted molar refractivity (Wildman–Crippen MR) is 157 cm³/mol. The van der Waals surface area contributed by atoms with Gasteiger partial charge in [-0.2, -0.15) is 0 Å². The topological polar surface area (TPSA) is 78.5 Å². The van der Waals surface area contributed by atoms with Gasteiger partial charge in [-0.3, -0.25) is 14.4 Å². The molecule has 4 atom stereocenters. The number of carbonyl (C=O) groups excluding carboxylic acids is 3. The van der Waals surface area contributed by atoms with Crippen LogP contribution < -0.4 is 15.5 Å². The second-order valence-corrected chi connectivity index (χ2v) is 10.9. The summed E-state index contributed by atoms with van der Waals surface area (Å²) in [4.78, 5) is 45.1. The van der Waals surface area contributed by atoms with Gasteiger partial charge in [-0.15, -0.1) is 0 Å². The van der Waals surface area contributed by atoms with Crippen LogP contribution in [0.1, 0.15) is 21.5 Å². The zero-order chi connectivity index (χ0) is 28.3. The summed E-state index contributed by atoms with van der Waals surface area (Å²) >= 11 is 6.07. The summed E-state index contributed by atoms with van der Waals surface area (Å²) < 4.78 is 13.9. The van der Waals surface area contributed by atoms with E-state index in [1.54, 1.807) is 30.3 Å². The Labute approximate surface area is 240 Å². The first-order valence-corrected chi connectivity index (χ1v) is 13.6. The van der Waals surface area contributed by atoms with Crippen molar-refractivity contribution in [3.63, 3.8) is 0 Å². The molecule has 3 aliphatic heterocycles. The van der Waals surface area contributed by atoms with E-state index in [1.807, 2.05) is 59.5 Å². The average molecular weight is 564 g/mol. The molecule has 4 aromatic carbocycles. The van der Waals surface area contributed by atoms with E-state index in [0.717, 1.165) is 11.3 Å². The maximum Gasteiger partial charge on any atom is 0.247 e. The molecule has 1 saturated heterocycles. The summed E-state index contributed by atoms with van der Waals surface area (Å²) in [6.07, 6.45) is 3.84. The number of amides is 2. The van der Waals surface area contributed by atoms with Gasteiger partial charge >= 0.3 is 0 Å². The third kappa shape index (κ3) is 3.73. The molecule has 2 amide bonds. The van der Waals surface area contributed by atoms with Crippen LogP contribution in [-0.2, 0) is 15.0 Å². The molecule has 0 unspecified atom stereocenters. The van der Waals surface area contributed by atoms with Crippen LogP contribution in [0.2, 0.25) is 5.02 Å². The maximum absolute atomic E-state index is 14.6. The van der Waals surface area contributed by atoms with Crippen LogP contribution in [0.5, 0.6) is 0 Å². The predicted octanol–water partition coefficient (Wildman–Crippen LogP) is 6.09. The zero-order valence-electron chi connectivity index (χ0n) is 21.6. The first kappa shape index (κ1) is 25.2. The quantitative estimate of drug-likeness (QED) is 0.295. The number of para-hydroxylation sites is 2. The Kier molecular flexibility index (Phi) is 5.80. The third-order valence-electron chi connectivity index (χ3n) is 8.33. The van der Waals surface area contributed by atoms with Gasteiger partial charge in [-0.05, 0) is 71.8 Å². The smallest absolute Gasteiger partial charge is 0.247 e. The van der Waals surface area contributed by atoms with Crippen LogP contribution in [0.4, 0.5) is 21.5 Å². The fourth-order valence-electron chi connectivity index (χ4n) is 6.66. The van der Waals surface area contributed by atoms with Crippen molar-refractivity contribution in [2.45, 2.75) is 17.5 Å². The molecule has 2 N–H and O–H groups in total. The lowest BCUT2D eigenvalue weighted by Crippen LogP contribution is -2.51. The van der Waals surface area contributed by atoms with Crippen molar-refractivity contribution in [1.29, 1.82) is 0 Å². The highest BCUT2D eigenvalue weighted by molar-refractivity contribution is 6.30. The van der Waals surface area contributed by atoms with Gasteiger partial charge in [0.1, 0.15) is 17.3 Å². The minimum Gasteiger partial charge on any atom is -0.350 e. The summed E-state index contributed by atoms with van der Waals surface area (Å²) in [5, 5.41) is 6.46. The summed E-state index contributed by atoms with van der Waals surface area (Å²) in [6.45, 7) is 0. The summed E-state index contributed by atoms with van der Waals surface area (Å²) in [6, 6.07) is 25.0. The van der Waals surface area contributed by atoms with Crippen molar-refractivity contribution in [1.82, 2.24) is 0 Å². The molecule has 0 aliphatic carbocycles. The molecule has 6 nitrogen and oxygen atoms in total. The van der Waals surface area contributed by atoms with E-state index in [4.69, 9.17) is 11.6 Å². The number of anilines is 3. The number of halogens is 2. The normalized spacial score (nSPS) is 23.5. The van der Waals surface area contributed by atoms with Crippen LogP contribution >= 0.6 is 11.6 Å². The van der Waals surface area contributed by atoms with Gasteiger partial charge in [0.15, 0.2) is 5.78 Å². The van der Waals surface area contributed by atoms with Gasteiger partial charge in [0.2, 0.25) is 11.8 Å². The van der Waals surface area contributed by atoms with Gasteiger partial charge in [0.05, 0.1) is 12.0 Å². The molecular weight excluding hydrogens is 541 g/mol. The van der Waals surface area contributed by atoms with Crippen LogP contribution in [0.25, 0.3) is 6.08 Å². The van der Waals surface area contributed by atoms with E-state index in [1.165, 1.54) is 24.3 Å². The van der Waals surface area contributed by atoms with Crippen molar-refractivity contribution in [3.05, 3.63) is 131 Å². The number of nitrogens with zero attached hydrogens (tertiary/aromatic N) is 1. The van der Waals surface area contributed by atoms with Crippen molar-refractivity contribution < 1.29 is 18.8 Å². The SMILES string of the molecule is O=C(Nc1ccc(Cl)cc1)[C@@H]1[C@H](C(=O)c2ccc(F)cc2)[C@]2(C(=O)Nc3ccccc32)[C@@H]2C=Cc3ccccc3N12. The minimum atomic E-state index is -1.44. The van der Waals surface area contributed by atoms with Gasteiger partial charge in [-0.25, -0.2) is 4.39 Å². The zero-order valence-corrected chi connectivity index (χ0v) is 22.3. The first-order chi connectivity index (χ1) is 19.9. The van der Waals surface area contributed by atoms with Crippen LogP contribution in [0.3, 0.4) is 0 Å². The highest BCUT2D eigenvalue weighted by atomic mass is 35.5. The van der Waals surface area contributed by atoms with Crippen molar-refractivity contribution >= 4 is 52.3 Å². The largest absolute Gasteiger partial charge is 0.350 e. The number of carbonyl (C=O) groups is 3. The first-order valence-electron chi connectivity index (χ1n) is 13.2. The molecule has 0 bridgehead atoms. The lowest BCUT2D eigenvalue weighted by Gasteiger charge is -2.37. The summed E-state index contributed by atoms with van der Waals surface area (Å²) in [7, 11) is 0. The third-order valence-corrected chi connectivity index (χ3v) is 8.59. The van der Waals surface area contributed by atoms with E-state index < -0.39 is 40.9 Å². The standard InChI is InChI=1S/C33H23ClFN3O3/c34-21-12-16-23(17-13-21)36-31(40)29-28(30(39)20-9-14-22(35)15-10-20)33(24-6-2-3-7-25(24)37-32(33)41)27-18-11-19-5-1-4-8-26(19)38(27)29/h1-18,27-29H,(H,36,40)(H,37,41)/t27-,28+,29-,33+/m0/s1. The van der Waals surface area contributed by atoms with E-state index in [-0.39, 0.29) is 11.5 Å². The molecule has 3 aliphatic rings. The van der Waals surface area contributed by atoms with E-state index in [9.17, 15) is 18.8 Å². The van der Waals surface area contributed by atoms with Gasteiger partial charge < -0.3 is 15.5 Å². The highest BCUT2D eigenvalue weighted by Gasteiger charge is 2.70. The molecule has 0 saturated carbocycles. The molecule has 0 aromatic heterocycles. The molecular formula is C33H23ClFN3O3. The minimum absolute atomic E-state index is 0.217. The second-order valence-electron chi connectivity index (χ2n) is 10.4. The Hall–Kier alpha value is -4.75. The molecule has 8 heteroatoms. The Morgan fingerprint density at radius 2 is 1.61 bits per heavy atom. The fourth-order valence-corrected chi connectivity index (χ4v) is 6.79. The molecule has 41 heavy (non-hydrogen) atoms. The lowest BCUT2D eigenvalue weighted by atomic mass is 9.64. The summed E-state index contributed by atoms with van der Waals surface area (Å²) in [5.41, 5.74) is 2.13. The van der Waals surface area contributed by atoms with Crippen molar-refractivity contribution in [2.24, 2.45) is 5.92 Å². The monoisotopic (exact) mass is 563 g/mol. The Morgan fingerprint density at radius 3 is 2.39 bits per heavy atom. The highest BCUT2D eigenvalue weighted by Crippen LogP contribution is 2.57. The number of fused-ring (bicyclic) bond motifs is 6. The number of ketones is 1. The Morgan fingerprint density at radius 1 is 0.902 bits per heavy atom. The van der Waals surface area contributed by atoms with Gasteiger partial charge in [-0.1, -0.05) is 60.2 Å². The maximum atomic E-state index is 14.6. The average Bonchev–Trinajstić information content (AvgIpc) is 3.47. The van der Waals surface area contributed by atoms with Gasteiger partial charge in [0.25, 0.3) is 0 Å². The van der Waals surface area contributed by atoms with Crippen molar-refractivity contribution in [3.8, 4) is 0 Å².